The molecule has 0 radical (unpaired) electrons. The monoisotopic (exact) mass is 338 g/mol. The molecule has 2 N–H and O–H groups in total. The maximum absolute atomic E-state index is 12.3. The molecule has 0 aromatic carbocycles. The zero-order valence-electron chi connectivity index (χ0n) is 13.0. The quantitative estimate of drug-likeness (QED) is 0.294. The van der Waals surface area contributed by atoms with Crippen LogP contribution in [0.2, 0.25) is 0 Å². The number of carboxylic acid groups (broad SMARTS) is 1. The Balaban J connectivity index is 1.80. The number of carbonyl (C=O) groups excluding carboxylic acids is 1. The predicted octanol–water partition coefficient (Wildman–Crippen LogP) is 2.18. The summed E-state index contributed by atoms with van der Waals surface area (Å²) in [5.74, 6) is -0.751. The van der Waals surface area contributed by atoms with Crippen LogP contribution in [0.15, 0.2) is 71.4 Å². The van der Waals surface area contributed by atoms with E-state index >= 15 is 0 Å². The van der Waals surface area contributed by atoms with Crippen molar-refractivity contribution < 1.29 is 19.1 Å². The summed E-state index contributed by atoms with van der Waals surface area (Å²) < 4.78 is 6.85. The second-order valence-corrected chi connectivity index (χ2v) is 5.03. The number of aromatic nitrogens is 3. The van der Waals surface area contributed by atoms with Crippen LogP contribution in [-0.4, -0.2) is 31.6 Å². The Morgan fingerprint density at radius 3 is 2.80 bits per heavy atom. The molecule has 3 aromatic heterocycles. The van der Waals surface area contributed by atoms with Gasteiger partial charge in [0.1, 0.15) is 23.7 Å². The largest absolute Gasteiger partial charge is 0.477 e. The van der Waals surface area contributed by atoms with Crippen LogP contribution in [0.25, 0.3) is 0 Å². The summed E-state index contributed by atoms with van der Waals surface area (Å²) in [6, 6.07) is 8.30. The summed E-state index contributed by atoms with van der Waals surface area (Å²) >= 11 is 0. The molecule has 0 unspecified atom stereocenters. The Morgan fingerprint density at radius 2 is 2.12 bits per heavy atom. The minimum absolute atomic E-state index is 0.196. The van der Waals surface area contributed by atoms with Crippen LogP contribution in [0.4, 0.5) is 5.82 Å². The number of pyridine rings is 1. The van der Waals surface area contributed by atoms with Crippen LogP contribution in [0.1, 0.15) is 16.1 Å². The van der Waals surface area contributed by atoms with E-state index in [-0.39, 0.29) is 5.56 Å². The first-order valence-electron chi connectivity index (χ1n) is 7.34. The number of anilines is 1. The van der Waals surface area contributed by atoms with Crippen LogP contribution in [0.5, 0.6) is 0 Å². The third kappa shape index (κ3) is 3.81. The maximum atomic E-state index is 12.3. The Kier molecular flexibility index (Phi) is 4.70. The summed E-state index contributed by atoms with van der Waals surface area (Å²) in [6.45, 7) is 0.370. The lowest BCUT2D eigenvalue weighted by molar-refractivity contribution is -0.132. The van der Waals surface area contributed by atoms with Gasteiger partial charge in [-0.15, -0.1) is 0 Å². The lowest BCUT2D eigenvalue weighted by atomic mass is 10.1. The molecule has 0 saturated heterocycles. The summed E-state index contributed by atoms with van der Waals surface area (Å²) in [5, 5.41) is 16.3. The average Bonchev–Trinajstić information content (AvgIpc) is 3.28. The summed E-state index contributed by atoms with van der Waals surface area (Å²) in [6.07, 6.45) is 7.09. The molecule has 25 heavy (non-hydrogen) atoms. The number of hydrogen-bond donors (Lipinski definition) is 2. The third-order valence-corrected chi connectivity index (χ3v) is 3.37. The summed E-state index contributed by atoms with van der Waals surface area (Å²) in [4.78, 5) is 27.6. The van der Waals surface area contributed by atoms with Gasteiger partial charge >= 0.3 is 5.97 Å². The number of Topliss-reactive ketones (excluding diaryl/α,β-unsaturated/α-hetero) is 1. The molecule has 126 valence electrons. The molecule has 3 aromatic rings. The fourth-order valence-corrected chi connectivity index (χ4v) is 2.15. The predicted molar refractivity (Wildman–Crippen MR) is 87.9 cm³/mol. The number of hydrogen-bond acceptors (Lipinski definition) is 6. The zero-order chi connectivity index (χ0) is 17.6. The minimum atomic E-state index is -1.33. The van der Waals surface area contributed by atoms with E-state index in [1.165, 1.54) is 18.5 Å². The third-order valence-electron chi connectivity index (χ3n) is 3.37. The highest BCUT2D eigenvalue weighted by Crippen LogP contribution is 2.13. The minimum Gasteiger partial charge on any atom is -0.477 e. The molecule has 8 heteroatoms. The Bertz CT molecular complexity index is 898. The van der Waals surface area contributed by atoms with Gasteiger partial charge in [0.05, 0.1) is 12.5 Å². The molecule has 0 bridgehead atoms. The van der Waals surface area contributed by atoms with Gasteiger partial charge in [0.2, 0.25) is 5.78 Å². The number of carbonyl (C=O) groups is 2. The van der Waals surface area contributed by atoms with Gasteiger partial charge in [0.15, 0.2) is 0 Å². The van der Waals surface area contributed by atoms with E-state index < -0.39 is 17.3 Å². The Morgan fingerprint density at radius 1 is 1.24 bits per heavy atom. The highest BCUT2D eigenvalue weighted by molar-refractivity contribution is 6.23. The lowest BCUT2D eigenvalue weighted by Crippen LogP contribution is -2.15. The molecule has 0 fully saturated rings. The number of ketones is 1. The molecule has 0 aliphatic heterocycles. The van der Waals surface area contributed by atoms with Crippen molar-refractivity contribution in [1.29, 1.82) is 0 Å². The Hall–Kier alpha value is -3.68. The SMILES string of the molecule is O=C(O)C(=CNc1ccnn1Cc1ccco1)C(=O)c1cccnc1. The first-order valence-corrected chi connectivity index (χ1v) is 7.34. The van der Waals surface area contributed by atoms with E-state index in [2.05, 4.69) is 15.4 Å². The van der Waals surface area contributed by atoms with Crippen LogP contribution in [-0.2, 0) is 11.3 Å². The number of nitrogens with zero attached hydrogens (tertiary/aromatic N) is 3. The first-order chi connectivity index (χ1) is 12.1. The molecule has 0 amide bonds. The number of aliphatic carboxylic acids is 1. The van der Waals surface area contributed by atoms with Crippen molar-refractivity contribution in [2.24, 2.45) is 0 Å². The van der Waals surface area contributed by atoms with Crippen LogP contribution in [0, 0.1) is 0 Å². The van der Waals surface area contributed by atoms with Gasteiger partial charge in [-0.2, -0.15) is 5.10 Å². The number of furan rings is 1. The molecular weight excluding hydrogens is 324 g/mol. The van der Waals surface area contributed by atoms with Crippen LogP contribution in [0.3, 0.4) is 0 Å². The normalized spacial score (nSPS) is 11.3. The smallest absolute Gasteiger partial charge is 0.341 e. The standard InChI is InChI=1S/C17H14N4O4/c22-16(12-3-1-6-18-9-12)14(17(23)24)10-19-15-5-7-20-21(15)11-13-4-2-8-25-13/h1-10,19H,11H2,(H,23,24). The zero-order valence-corrected chi connectivity index (χ0v) is 13.0. The average molecular weight is 338 g/mol. The number of nitrogens with one attached hydrogen (secondary N) is 1. The van der Waals surface area contributed by atoms with Gasteiger partial charge in [0, 0.05) is 30.2 Å². The lowest BCUT2D eigenvalue weighted by Gasteiger charge is -2.07. The van der Waals surface area contributed by atoms with Crippen molar-refractivity contribution in [2.75, 3.05) is 5.32 Å². The molecule has 0 spiro atoms. The Labute approximate surface area is 142 Å². The topological polar surface area (TPSA) is 110 Å². The van der Waals surface area contributed by atoms with Gasteiger partial charge in [-0.05, 0) is 24.3 Å². The summed E-state index contributed by atoms with van der Waals surface area (Å²) in [5.41, 5.74) is -0.208. The first kappa shape index (κ1) is 16.2. The van der Waals surface area contributed by atoms with E-state index in [0.29, 0.717) is 18.1 Å². The van der Waals surface area contributed by atoms with E-state index in [1.807, 2.05) is 0 Å². The van der Waals surface area contributed by atoms with Crippen LogP contribution >= 0.6 is 0 Å². The molecular formula is C17H14N4O4. The van der Waals surface area contributed by atoms with Crippen molar-refractivity contribution in [1.82, 2.24) is 14.8 Å². The molecule has 3 rings (SSSR count). The van der Waals surface area contributed by atoms with E-state index in [1.54, 1.807) is 41.4 Å². The highest BCUT2D eigenvalue weighted by atomic mass is 16.4. The van der Waals surface area contributed by atoms with Crippen molar-refractivity contribution in [3.05, 3.63) is 78.3 Å². The van der Waals surface area contributed by atoms with Gasteiger partial charge < -0.3 is 14.8 Å². The molecule has 0 aliphatic rings. The van der Waals surface area contributed by atoms with E-state index in [4.69, 9.17) is 4.42 Å². The molecule has 0 atom stereocenters. The van der Waals surface area contributed by atoms with E-state index in [0.717, 1.165) is 6.20 Å². The number of rotatable bonds is 7. The van der Waals surface area contributed by atoms with Gasteiger partial charge in [-0.25, -0.2) is 9.48 Å². The molecule has 0 saturated carbocycles. The van der Waals surface area contributed by atoms with Crippen molar-refractivity contribution in [3.8, 4) is 0 Å². The molecule has 3 heterocycles. The maximum Gasteiger partial charge on any atom is 0.341 e. The second kappa shape index (κ2) is 7.26. The fourth-order valence-electron chi connectivity index (χ4n) is 2.15. The second-order valence-electron chi connectivity index (χ2n) is 5.03. The van der Waals surface area contributed by atoms with Crippen molar-refractivity contribution >= 4 is 17.6 Å². The summed E-state index contributed by atoms with van der Waals surface area (Å²) in [7, 11) is 0. The fraction of sp³-hybridized carbons (Fsp3) is 0.0588. The van der Waals surface area contributed by atoms with Crippen LogP contribution < -0.4 is 5.32 Å². The van der Waals surface area contributed by atoms with Crippen molar-refractivity contribution in [2.45, 2.75) is 6.54 Å². The van der Waals surface area contributed by atoms with Gasteiger partial charge in [0.25, 0.3) is 0 Å². The van der Waals surface area contributed by atoms with Gasteiger partial charge in [-0.3, -0.25) is 9.78 Å². The van der Waals surface area contributed by atoms with Crippen molar-refractivity contribution in [3.63, 3.8) is 0 Å². The number of carboxylic acids is 1. The molecule has 0 aliphatic carbocycles. The van der Waals surface area contributed by atoms with E-state index in [9.17, 15) is 14.7 Å². The molecule has 8 nitrogen and oxygen atoms in total. The highest BCUT2D eigenvalue weighted by Gasteiger charge is 2.19. The van der Waals surface area contributed by atoms with Gasteiger partial charge in [-0.1, -0.05) is 0 Å².